The van der Waals surface area contributed by atoms with Crippen LogP contribution in [0.5, 0.6) is 0 Å². The van der Waals surface area contributed by atoms with Crippen molar-refractivity contribution in [3.63, 3.8) is 0 Å². The number of nitrogens with one attached hydrogen (secondary N) is 2. The molecule has 22 heavy (non-hydrogen) atoms. The first kappa shape index (κ1) is 15.2. The Hall–Kier alpha value is -1.67. The van der Waals surface area contributed by atoms with Crippen LogP contribution in [0.15, 0.2) is 0 Å². The number of anilines is 1. The van der Waals surface area contributed by atoms with Crippen LogP contribution in [0, 0.1) is 18.8 Å². The molecule has 2 amide bonds. The van der Waals surface area contributed by atoms with Gasteiger partial charge in [-0.2, -0.15) is 0 Å². The fraction of sp³-hybridized carbons (Fsp3) is 0.643. The molecule has 2 heterocycles. The first-order chi connectivity index (χ1) is 10.6. The average molecular weight is 324 g/mol. The Balaban J connectivity index is 1.59. The molecule has 1 aliphatic carbocycles. The predicted octanol–water partition coefficient (Wildman–Crippen LogP) is 0.705. The van der Waals surface area contributed by atoms with Crippen molar-refractivity contribution in [2.24, 2.45) is 11.8 Å². The molecular weight excluding hydrogens is 304 g/mol. The Morgan fingerprint density at radius 1 is 1.32 bits per heavy atom. The minimum Gasteiger partial charge on any atom is -0.378 e. The van der Waals surface area contributed by atoms with Crippen LogP contribution in [0.3, 0.4) is 0 Å². The number of ether oxygens (including phenoxy) is 1. The lowest BCUT2D eigenvalue weighted by molar-refractivity contribution is -0.123. The van der Waals surface area contributed by atoms with E-state index in [0.29, 0.717) is 29.7 Å². The summed E-state index contributed by atoms with van der Waals surface area (Å²) in [6, 6.07) is 0. The van der Waals surface area contributed by atoms with E-state index < -0.39 is 0 Å². The van der Waals surface area contributed by atoms with E-state index in [4.69, 9.17) is 4.74 Å². The minimum atomic E-state index is -0.309. The molecule has 0 bridgehead atoms. The van der Waals surface area contributed by atoms with Crippen LogP contribution in [0.2, 0.25) is 0 Å². The van der Waals surface area contributed by atoms with E-state index in [-0.39, 0.29) is 17.7 Å². The van der Waals surface area contributed by atoms with Gasteiger partial charge in [0.2, 0.25) is 5.91 Å². The molecule has 2 atom stereocenters. The van der Waals surface area contributed by atoms with Crippen molar-refractivity contribution in [2.75, 3.05) is 31.2 Å². The molecule has 1 aromatic heterocycles. The number of morpholine rings is 1. The van der Waals surface area contributed by atoms with E-state index in [1.165, 1.54) is 11.3 Å². The van der Waals surface area contributed by atoms with Crippen LogP contribution >= 0.6 is 11.3 Å². The molecule has 1 saturated carbocycles. The lowest BCUT2D eigenvalue weighted by Gasteiger charge is -2.25. The van der Waals surface area contributed by atoms with E-state index in [9.17, 15) is 9.59 Å². The van der Waals surface area contributed by atoms with Gasteiger partial charge in [-0.05, 0) is 19.3 Å². The molecule has 8 heteroatoms. The normalized spacial score (nSPS) is 24.0. The van der Waals surface area contributed by atoms with Gasteiger partial charge < -0.3 is 9.64 Å². The number of hydrogen-bond donors (Lipinski definition) is 2. The fourth-order valence-corrected chi connectivity index (χ4v) is 3.45. The molecule has 1 saturated heterocycles. The lowest BCUT2D eigenvalue weighted by Crippen LogP contribution is -2.42. The van der Waals surface area contributed by atoms with Gasteiger partial charge in [0.25, 0.3) is 5.91 Å². The summed E-state index contributed by atoms with van der Waals surface area (Å²) in [4.78, 5) is 31.0. The standard InChI is InChI=1S/C14H20N4O3S/c1-8-7-10(8)12(19)16-17-13(20)11-9(2)15-14(22-11)18-3-5-21-6-4-18/h8,10H,3-7H2,1-2H3,(H,16,19)(H,17,20)/t8-,10-/m1/s1. The second-order valence-electron chi connectivity index (χ2n) is 5.77. The van der Waals surface area contributed by atoms with Gasteiger partial charge in [0.1, 0.15) is 4.88 Å². The molecular formula is C14H20N4O3S. The highest BCUT2D eigenvalue weighted by Crippen LogP contribution is 2.37. The van der Waals surface area contributed by atoms with Crippen LogP contribution in [-0.4, -0.2) is 43.1 Å². The number of nitrogens with zero attached hydrogens (tertiary/aromatic N) is 2. The maximum atomic E-state index is 12.2. The van der Waals surface area contributed by atoms with Gasteiger partial charge in [0, 0.05) is 19.0 Å². The second kappa shape index (κ2) is 6.21. The predicted molar refractivity (Wildman–Crippen MR) is 82.8 cm³/mol. The van der Waals surface area contributed by atoms with Gasteiger partial charge in [-0.3, -0.25) is 20.4 Å². The highest BCUT2D eigenvalue weighted by Gasteiger charge is 2.39. The van der Waals surface area contributed by atoms with Gasteiger partial charge in [0.05, 0.1) is 18.9 Å². The molecule has 2 N–H and O–H groups in total. The number of aryl methyl sites for hydroxylation is 1. The fourth-order valence-electron chi connectivity index (χ4n) is 2.44. The van der Waals surface area contributed by atoms with Crippen molar-refractivity contribution < 1.29 is 14.3 Å². The zero-order chi connectivity index (χ0) is 15.7. The molecule has 0 aromatic carbocycles. The number of amides is 2. The van der Waals surface area contributed by atoms with Crippen molar-refractivity contribution in [1.82, 2.24) is 15.8 Å². The quantitative estimate of drug-likeness (QED) is 0.800. The summed E-state index contributed by atoms with van der Waals surface area (Å²) < 4.78 is 5.32. The summed E-state index contributed by atoms with van der Waals surface area (Å²) in [6.45, 7) is 6.74. The summed E-state index contributed by atoms with van der Waals surface area (Å²) in [5.41, 5.74) is 5.66. The van der Waals surface area contributed by atoms with Gasteiger partial charge >= 0.3 is 0 Å². The first-order valence-corrected chi connectivity index (χ1v) is 8.28. The van der Waals surface area contributed by atoms with Gasteiger partial charge in [-0.25, -0.2) is 4.98 Å². The van der Waals surface area contributed by atoms with Crippen LogP contribution in [-0.2, 0) is 9.53 Å². The summed E-state index contributed by atoms with van der Waals surface area (Å²) >= 11 is 1.35. The summed E-state index contributed by atoms with van der Waals surface area (Å²) in [7, 11) is 0. The van der Waals surface area contributed by atoms with Crippen molar-refractivity contribution >= 4 is 28.3 Å². The van der Waals surface area contributed by atoms with Gasteiger partial charge in [-0.1, -0.05) is 18.3 Å². The molecule has 120 valence electrons. The summed E-state index contributed by atoms with van der Waals surface area (Å²) in [5, 5.41) is 0.827. The molecule has 2 fully saturated rings. The third kappa shape index (κ3) is 3.22. The Kier molecular flexibility index (Phi) is 4.30. The first-order valence-electron chi connectivity index (χ1n) is 7.46. The maximum absolute atomic E-state index is 12.2. The third-order valence-corrected chi connectivity index (χ3v) is 5.24. The van der Waals surface area contributed by atoms with E-state index in [1.807, 2.05) is 6.92 Å². The number of carbonyl (C=O) groups is 2. The highest BCUT2D eigenvalue weighted by atomic mass is 32.1. The zero-order valence-corrected chi connectivity index (χ0v) is 13.5. The molecule has 2 aliphatic rings. The smallest absolute Gasteiger partial charge is 0.281 e. The topological polar surface area (TPSA) is 83.6 Å². The molecule has 7 nitrogen and oxygen atoms in total. The van der Waals surface area contributed by atoms with Crippen molar-refractivity contribution in [3.8, 4) is 0 Å². The average Bonchev–Trinajstić information content (AvgIpc) is 3.13. The second-order valence-corrected chi connectivity index (χ2v) is 6.75. The van der Waals surface area contributed by atoms with E-state index in [2.05, 4.69) is 20.7 Å². The maximum Gasteiger partial charge on any atom is 0.281 e. The molecule has 3 rings (SSSR count). The van der Waals surface area contributed by atoms with Crippen LogP contribution in [0.1, 0.15) is 28.7 Å². The Bertz CT molecular complexity index is 583. The van der Waals surface area contributed by atoms with Gasteiger partial charge in [0.15, 0.2) is 5.13 Å². The zero-order valence-electron chi connectivity index (χ0n) is 12.7. The Morgan fingerprint density at radius 2 is 2.00 bits per heavy atom. The monoisotopic (exact) mass is 324 g/mol. The third-order valence-electron chi connectivity index (χ3n) is 4.02. The van der Waals surface area contributed by atoms with E-state index in [1.54, 1.807) is 6.92 Å². The number of thiazole rings is 1. The van der Waals surface area contributed by atoms with Crippen LogP contribution in [0.25, 0.3) is 0 Å². The molecule has 0 unspecified atom stereocenters. The van der Waals surface area contributed by atoms with Crippen LogP contribution < -0.4 is 15.8 Å². The van der Waals surface area contributed by atoms with Crippen molar-refractivity contribution in [2.45, 2.75) is 20.3 Å². The van der Waals surface area contributed by atoms with E-state index >= 15 is 0 Å². The number of hydrogen-bond acceptors (Lipinski definition) is 6. The largest absolute Gasteiger partial charge is 0.378 e. The van der Waals surface area contributed by atoms with Crippen molar-refractivity contribution in [1.29, 1.82) is 0 Å². The molecule has 0 spiro atoms. The number of hydrazine groups is 1. The Labute approximate surface area is 133 Å². The summed E-state index contributed by atoms with van der Waals surface area (Å²) in [5.74, 6) is 0.0225. The summed E-state index contributed by atoms with van der Waals surface area (Å²) in [6.07, 6.45) is 0.891. The lowest BCUT2D eigenvalue weighted by atomic mass is 10.3. The molecule has 1 aliphatic heterocycles. The minimum absolute atomic E-state index is 0.0340. The van der Waals surface area contributed by atoms with Gasteiger partial charge in [-0.15, -0.1) is 0 Å². The highest BCUT2D eigenvalue weighted by molar-refractivity contribution is 7.17. The molecule has 1 aromatic rings. The van der Waals surface area contributed by atoms with Crippen LogP contribution in [0.4, 0.5) is 5.13 Å². The SMILES string of the molecule is Cc1nc(N2CCOCC2)sc1C(=O)NNC(=O)[C@@H]1C[C@H]1C. The van der Waals surface area contributed by atoms with Crippen molar-refractivity contribution in [3.05, 3.63) is 10.6 Å². The number of aromatic nitrogens is 1. The Morgan fingerprint density at radius 3 is 2.64 bits per heavy atom. The molecule has 0 radical (unpaired) electrons. The van der Waals surface area contributed by atoms with E-state index in [0.717, 1.165) is 24.6 Å². The number of carbonyl (C=O) groups excluding carboxylic acids is 2. The number of rotatable bonds is 3.